The molecule has 8 nitrogen and oxygen atoms in total. The van der Waals surface area contributed by atoms with Crippen molar-refractivity contribution in [2.45, 2.75) is 19.5 Å². The second-order valence-corrected chi connectivity index (χ2v) is 9.35. The third-order valence-electron chi connectivity index (χ3n) is 6.41. The van der Waals surface area contributed by atoms with Gasteiger partial charge in [-0.1, -0.05) is 17.7 Å². The second-order valence-electron chi connectivity index (χ2n) is 8.94. The van der Waals surface area contributed by atoms with Gasteiger partial charge in [-0.3, -0.25) is 9.69 Å². The first-order valence-electron chi connectivity index (χ1n) is 11.5. The number of carbonyl (C=O) groups excluding carboxylic acids is 1. The molecule has 1 unspecified atom stereocenters. The van der Waals surface area contributed by atoms with Gasteiger partial charge < -0.3 is 20.3 Å². The van der Waals surface area contributed by atoms with Crippen LogP contribution in [0.25, 0.3) is 10.9 Å². The highest BCUT2D eigenvalue weighted by atomic mass is 35.5. The van der Waals surface area contributed by atoms with Crippen LogP contribution >= 0.6 is 11.6 Å². The number of anilines is 2. The van der Waals surface area contributed by atoms with Crippen molar-refractivity contribution in [3.8, 4) is 5.75 Å². The lowest BCUT2D eigenvalue weighted by Crippen LogP contribution is -2.58. The Morgan fingerprint density at radius 1 is 1.34 bits per heavy atom. The highest BCUT2D eigenvalue weighted by Gasteiger charge is 2.34. The molecule has 1 aliphatic heterocycles. The van der Waals surface area contributed by atoms with Crippen molar-refractivity contribution < 1.29 is 13.9 Å². The topological polar surface area (TPSA) is 82.6 Å². The largest absolute Gasteiger partial charge is 0.496 e. The highest BCUT2D eigenvalue weighted by molar-refractivity contribution is 6.31. The van der Waals surface area contributed by atoms with Crippen molar-refractivity contribution in [3.05, 3.63) is 53.1 Å². The molecule has 2 heterocycles. The van der Waals surface area contributed by atoms with E-state index in [1.807, 2.05) is 12.1 Å². The summed E-state index contributed by atoms with van der Waals surface area (Å²) in [6.07, 6.45) is 1.43. The van der Waals surface area contributed by atoms with E-state index < -0.39 is 5.82 Å². The Labute approximate surface area is 209 Å². The second kappa shape index (κ2) is 10.7. The maximum absolute atomic E-state index is 14.5. The van der Waals surface area contributed by atoms with Gasteiger partial charge in [0, 0.05) is 56.3 Å². The third kappa shape index (κ3) is 5.47. The van der Waals surface area contributed by atoms with Gasteiger partial charge in [0.1, 0.15) is 17.9 Å². The van der Waals surface area contributed by atoms with Crippen molar-refractivity contribution in [2.24, 2.45) is 5.92 Å². The number of carbonyl (C=O) groups is 1. The third-order valence-corrected chi connectivity index (χ3v) is 6.70. The maximum Gasteiger partial charge on any atom is 0.225 e. The lowest BCUT2D eigenvalue weighted by molar-refractivity contribution is -0.130. The average molecular weight is 501 g/mol. The Morgan fingerprint density at radius 3 is 2.83 bits per heavy atom. The lowest BCUT2D eigenvalue weighted by atomic mass is 9.97. The first-order chi connectivity index (χ1) is 16.8. The standard InChI is InChI=1S/C25H30ClFN6O2/c1-15(33-12-17(13-33)25(34)28-2)10-32(3)11-16-8-18-21(9-22(16)35-4)29-14-30-24(18)31-20-7-5-6-19(26)23(20)27/h5-9,14-15,17H,10-13H2,1-4H3,(H,28,34)(H,29,30,31). The summed E-state index contributed by atoms with van der Waals surface area (Å²) < 4.78 is 20.1. The molecule has 1 saturated heterocycles. The van der Waals surface area contributed by atoms with Crippen LogP contribution in [0.15, 0.2) is 36.7 Å². The van der Waals surface area contributed by atoms with Gasteiger partial charge in [0.25, 0.3) is 0 Å². The van der Waals surface area contributed by atoms with Crippen LogP contribution in [0.4, 0.5) is 15.9 Å². The van der Waals surface area contributed by atoms with E-state index >= 15 is 0 Å². The number of nitrogens with one attached hydrogen (secondary N) is 2. The predicted molar refractivity (Wildman–Crippen MR) is 136 cm³/mol. The molecule has 0 bridgehead atoms. The number of rotatable bonds is 9. The number of nitrogens with zero attached hydrogens (tertiary/aromatic N) is 4. The zero-order valence-corrected chi connectivity index (χ0v) is 21.1. The van der Waals surface area contributed by atoms with Crippen LogP contribution in [0.3, 0.4) is 0 Å². The maximum atomic E-state index is 14.5. The van der Waals surface area contributed by atoms with Gasteiger partial charge in [0.15, 0.2) is 5.82 Å². The van der Waals surface area contributed by atoms with Gasteiger partial charge >= 0.3 is 0 Å². The van der Waals surface area contributed by atoms with Crippen molar-refractivity contribution in [1.29, 1.82) is 0 Å². The van der Waals surface area contributed by atoms with E-state index in [4.69, 9.17) is 16.3 Å². The molecule has 1 aromatic heterocycles. The number of methoxy groups -OCH3 is 1. The minimum atomic E-state index is -0.534. The Kier molecular flexibility index (Phi) is 7.69. The van der Waals surface area contributed by atoms with Gasteiger partial charge in [-0.25, -0.2) is 14.4 Å². The Morgan fingerprint density at radius 2 is 2.11 bits per heavy atom. The normalized spacial score (nSPS) is 15.2. The smallest absolute Gasteiger partial charge is 0.225 e. The van der Waals surface area contributed by atoms with Gasteiger partial charge in [-0.15, -0.1) is 0 Å². The van der Waals surface area contributed by atoms with E-state index in [1.54, 1.807) is 26.3 Å². The molecule has 0 aliphatic carbocycles. The number of fused-ring (bicyclic) bond motifs is 1. The number of benzene rings is 2. The van der Waals surface area contributed by atoms with Crippen molar-refractivity contribution >= 4 is 39.9 Å². The van der Waals surface area contributed by atoms with E-state index in [1.165, 1.54) is 12.4 Å². The number of hydrogen-bond donors (Lipinski definition) is 2. The zero-order valence-electron chi connectivity index (χ0n) is 20.3. The quantitative estimate of drug-likeness (QED) is 0.464. The molecule has 2 N–H and O–H groups in total. The van der Waals surface area contributed by atoms with Gasteiger partial charge in [0.05, 0.1) is 29.3 Å². The molecule has 1 amide bonds. The molecular formula is C25H30ClFN6O2. The van der Waals surface area contributed by atoms with Crippen LogP contribution in [-0.2, 0) is 11.3 Å². The van der Waals surface area contributed by atoms with Crippen LogP contribution in [0, 0.1) is 11.7 Å². The Balaban J connectivity index is 1.51. The van der Waals surface area contributed by atoms with Crippen LogP contribution in [-0.4, -0.2) is 72.6 Å². The Bertz CT molecular complexity index is 1220. The molecule has 186 valence electrons. The van der Waals surface area contributed by atoms with Crippen molar-refractivity contribution in [2.75, 3.05) is 46.2 Å². The molecule has 10 heteroatoms. The van der Waals surface area contributed by atoms with E-state index in [2.05, 4.69) is 44.4 Å². The summed E-state index contributed by atoms with van der Waals surface area (Å²) in [6.45, 7) is 5.19. The monoisotopic (exact) mass is 500 g/mol. The number of halogens is 2. The van der Waals surface area contributed by atoms with Crippen LogP contribution in [0.5, 0.6) is 5.75 Å². The minimum Gasteiger partial charge on any atom is -0.496 e. The van der Waals surface area contributed by atoms with Crippen molar-refractivity contribution in [3.63, 3.8) is 0 Å². The molecule has 3 aromatic rings. The summed E-state index contributed by atoms with van der Waals surface area (Å²) in [6, 6.07) is 8.94. The summed E-state index contributed by atoms with van der Waals surface area (Å²) in [5.41, 5.74) is 1.89. The number of likely N-dealkylation sites (tertiary alicyclic amines) is 1. The molecule has 4 rings (SSSR count). The van der Waals surface area contributed by atoms with Gasteiger partial charge in [-0.05, 0) is 32.2 Å². The molecule has 1 fully saturated rings. The zero-order chi connectivity index (χ0) is 25.1. The molecule has 35 heavy (non-hydrogen) atoms. The van der Waals surface area contributed by atoms with Crippen LogP contribution < -0.4 is 15.4 Å². The molecule has 0 spiro atoms. The number of amides is 1. The Hall–Kier alpha value is -3.01. The molecule has 0 radical (unpaired) electrons. The number of likely N-dealkylation sites (N-methyl/N-ethyl adjacent to an activating group) is 1. The summed E-state index contributed by atoms with van der Waals surface area (Å²) >= 11 is 5.94. The first-order valence-corrected chi connectivity index (χ1v) is 11.8. The summed E-state index contributed by atoms with van der Waals surface area (Å²) in [4.78, 5) is 25.0. The minimum absolute atomic E-state index is 0.0373. The number of aromatic nitrogens is 2. The lowest BCUT2D eigenvalue weighted by Gasteiger charge is -2.43. The molecule has 0 saturated carbocycles. The van der Waals surface area contributed by atoms with Crippen LogP contribution in [0.1, 0.15) is 12.5 Å². The predicted octanol–water partition coefficient (Wildman–Crippen LogP) is 3.67. The number of ether oxygens (including phenoxy) is 1. The summed E-state index contributed by atoms with van der Waals surface area (Å²) in [5.74, 6) is 0.847. The molecular weight excluding hydrogens is 471 g/mol. The fourth-order valence-electron chi connectivity index (χ4n) is 4.43. The van der Waals surface area contributed by atoms with Crippen molar-refractivity contribution in [1.82, 2.24) is 25.1 Å². The van der Waals surface area contributed by atoms with E-state index in [0.717, 1.165) is 36.3 Å². The SMILES string of the molecule is CNC(=O)C1CN(C(C)CN(C)Cc2cc3c(Nc4cccc(Cl)c4F)ncnc3cc2OC)C1. The van der Waals surface area contributed by atoms with Gasteiger partial charge in [-0.2, -0.15) is 0 Å². The summed E-state index contributed by atoms with van der Waals surface area (Å²) in [7, 11) is 5.36. The molecule has 1 aliphatic rings. The fraction of sp³-hybridized carbons (Fsp3) is 0.400. The highest BCUT2D eigenvalue weighted by Crippen LogP contribution is 2.32. The molecule has 2 aromatic carbocycles. The van der Waals surface area contributed by atoms with Crippen LogP contribution in [0.2, 0.25) is 5.02 Å². The average Bonchev–Trinajstić information content (AvgIpc) is 2.80. The first kappa shape index (κ1) is 25.1. The van der Waals surface area contributed by atoms with E-state index in [-0.39, 0.29) is 22.5 Å². The number of hydrogen-bond acceptors (Lipinski definition) is 7. The van der Waals surface area contributed by atoms with E-state index in [9.17, 15) is 9.18 Å². The summed E-state index contributed by atoms with van der Waals surface area (Å²) in [5, 5.41) is 6.56. The molecule has 1 atom stereocenters. The fourth-order valence-corrected chi connectivity index (χ4v) is 4.61. The van der Waals surface area contributed by atoms with E-state index in [0.29, 0.717) is 23.9 Å². The van der Waals surface area contributed by atoms with Gasteiger partial charge in [0.2, 0.25) is 5.91 Å².